The SMILES string of the molecule is CCC.CCCSc1cc(N)ccc1N1CCC(N2CCN(C)CC2)CC1. The van der Waals surface area contributed by atoms with Gasteiger partial charge in [0.2, 0.25) is 0 Å². The lowest BCUT2D eigenvalue weighted by Gasteiger charge is -2.43. The van der Waals surface area contributed by atoms with Crippen LogP contribution in [0.15, 0.2) is 23.1 Å². The van der Waals surface area contributed by atoms with Gasteiger partial charge in [-0.2, -0.15) is 0 Å². The number of hydrogen-bond acceptors (Lipinski definition) is 5. The van der Waals surface area contributed by atoms with E-state index >= 15 is 0 Å². The molecule has 0 bridgehead atoms. The van der Waals surface area contributed by atoms with Crippen molar-refractivity contribution in [2.45, 2.75) is 57.4 Å². The summed E-state index contributed by atoms with van der Waals surface area (Å²) in [6.07, 6.45) is 5.02. The molecule has 154 valence electrons. The van der Waals surface area contributed by atoms with E-state index in [2.05, 4.69) is 60.7 Å². The molecule has 27 heavy (non-hydrogen) atoms. The second kappa shape index (κ2) is 11.8. The highest BCUT2D eigenvalue weighted by Crippen LogP contribution is 2.34. The first-order valence-electron chi connectivity index (χ1n) is 10.8. The van der Waals surface area contributed by atoms with Crippen molar-refractivity contribution < 1.29 is 0 Å². The van der Waals surface area contributed by atoms with Gasteiger partial charge in [-0.15, -0.1) is 11.8 Å². The molecule has 3 rings (SSSR count). The topological polar surface area (TPSA) is 35.7 Å². The molecule has 0 aliphatic carbocycles. The van der Waals surface area contributed by atoms with Gasteiger partial charge in [-0.25, -0.2) is 0 Å². The Morgan fingerprint density at radius 3 is 2.22 bits per heavy atom. The fourth-order valence-corrected chi connectivity index (χ4v) is 4.77. The van der Waals surface area contributed by atoms with Gasteiger partial charge in [0.25, 0.3) is 0 Å². The number of nitrogen functional groups attached to an aromatic ring is 1. The van der Waals surface area contributed by atoms with Crippen molar-refractivity contribution >= 4 is 23.1 Å². The van der Waals surface area contributed by atoms with Crippen LogP contribution in [0.2, 0.25) is 0 Å². The highest BCUT2D eigenvalue weighted by Gasteiger charge is 2.27. The summed E-state index contributed by atoms with van der Waals surface area (Å²) in [5, 5.41) is 0. The summed E-state index contributed by atoms with van der Waals surface area (Å²) in [5.74, 6) is 1.16. The minimum Gasteiger partial charge on any atom is -0.399 e. The molecular formula is C22H40N4S. The van der Waals surface area contributed by atoms with Gasteiger partial charge in [-0.05, 0) is 50.3 Å². The monoisotopic (exact) mass is 392 g/mol. The molecule has 1 aromatic carbocycles. The first-order valence-corrected chi connectivity index (χ1v) is 11.8. The molecule has 0 unspecified atom stereocenters. The van der Waals surface area contributed by atoms with E-state index in [1.54, 1.807) is 0 Å². The van der Waals surface area contributed by atoms with Gasteiger partial charge >= 0.3 is 0 Å². The maximum Gasteiger partial charge on any atom is 0.0505 e. The third-order valence-electron chi connectivity index (χ3n) is 5.30. The summed E-state index contributed by atoms with van der Waals surface area (Å²) in [7, 11) is 2.23. The van der Waals surface area contributed by atoms with E-state index in [-0.39, 0.29) is 0 Å². The van der Waals surface area contributed by atoms with E-state index in [0.717, 1.165) is 17.5 Å². The molecule has 0 aromatic heterocycles. The van der Waals surface area contributed by atoms with E-state index in [4.69, 9.17) is 5.73 Å². The van der Waals surface area contributed by atoms with Gasteiger partial charge in [0, 0.05) is 55.9 Å². The molecule has 2 aliphatic heterocycles. The Hall–Kier alpha value is -0.910. The minimum atomic E-state index is 0.774. The number of nitrogens with two attached hydrogens (primary N) is 1. The Morgan fingerprint density at radius 1 is 1.00 bits per heavy atom. The van der Waals surface area contributed by atoms with Gasteiger partial charge in [0.15, 0.2) is 0 Å². The Balaban J connectivity index is 0.000000817. The number of likely N-dealkylation sites (N-methyl/N-ethyl adjacent to an activating group) is 1. The Morgan fingerprint density at radius 2 is 1.63 bits per heavy atom. The molecule has 0 amide bonds. The number of benzene rings is 1. The number of piperazine rings is 1. The first kappa shape index (κ1) is 22.4. The minimum absolute atomic E-state index is 0.774. The van der Waals surface area contributed by atoms with Crippen LogP contribution < -0.4 is 10.6 Å². The molecule has 5 heteroatoms. The molecule has 0 atom stereocenters. The number of rotatable bonds is 5. The van der Waals surface area contributed by atoms with Crippen molar-refractivity contribution in [3.8, 4) is 0 Å². The summed E-state index contributed by atoms with van der Waals surface area (Å²) in [4.78, 5) is 9.09. The summed E-state index contributed by atoms with van der Waals surface area (Å²) >= 11 is 1.95. The number of piperidine rings is 1. The second-order valence-electron chi connectivity index (χ2n) is 7.84. The van der Waals surface area contributed by atoms with Crippen molar-refractivity contribution in [1.29, 1.82) is 0 Å². The number of hydrogen-bond donors (Lipinski definition) is 1. The van der Waals surface area contributed by atoms with Crippen LogP contribution >= 0.6 is 11.8 Å². The number of nitrogens with zero attached hydrogens (tertiary/aromatic N) is 3. The lowest BCUT2D eigenvalue weighted by atomic mass is 10.0. The summed E-state index contributed by atoms with van der Waals surface area (Å²) < 4.78 is 0. The number of thioether (sulfide) groups is 1. The zero-order valence-corrected chi connectivity index (χ0v) is 18.7. The first-order chi connectivity index (χ1) is 13.1. The van der Waals surface area contributed by atoms with Crippen molar-refractivity contribution in [1.82, 2.24) is 9.80 Å². The van der Waals surface area contributed by atoms with Crippen molar-refractivity contribution in [3.63, 3.8) is 0 Å². The highest BCUT2D eigenvalue weighted by atomic mass is 32.2. The molecule has 0 spiro atoms. The van der Waals surface area contributed by atoms with Crippen LogP contribution in [0.5, 0.6) is 0 Å². The normalized spacial score (nSPS) is 19.6. The van der Waals surface area contributed by atoms with E-state index in [9.17, 15) is 0 Å². The third-order valence-corrected chi connectivity index (χ3v) is 6.56. The van der Waals surface area contributed by atoms with Crippen molar-refractivity contribution in [2.75, 3.05) is 62.7 Å². The summed E-state index contributed by atoms with van der Waals surface area (Å²) in [6, 6.07) is 7.21. The van der Waals surface area contributed by atoms with Crippen LogP contribution in [-0.2, 0) is 0 Å². The van der Waals surface area contributed by atoms with E-state index in [1.165, 1.54) is 75.5 Å². The molecule has 2 saturated heterocycles. The summed E-state index contributed by atoms with van der Waals surface area (Å²) in [5.41, 5.74) is 8.28. The van der Waals surface area contributed by atoms with Gasteiger partial charge in [0.1, 0.15) is 0 Å². The average Bonchev–Trinajstić information content (AvgIpc) is 2.68. The Kier molecular flexibility index (Phi) is 9.80. The highest BCUT2D eigenvalue weighted by molar-refractivity contribution is 7.99. The van der Waals surface area contributed by atoms with Crippen molar-refractivity contribution in [3.05, 3.63) is 18.2 Å². The molecule has 0 radical (unpaired) electrons. The fourth-order valence-electron chi connectivity index (χ4n) is 3.78. The lowest BCUT2D eigenvalue weighted by molar-refractivity contribution is 0.0981. The van der Waals surface area contributed by atoms with Gasteiger partial charge in [-0.1, -0.05) is 27.2 Å². The molecular weight excluding hydrogens is 352 g/mol. The van der Waals surface area contributed by atoms with Gasteiger partial charge in [-0.3, -0.25) is 4.90 Å². The predicted molar refractivity (Wildman–Crippen MR) is 122 cm³/mol. The van der Waals surface area contributed by atoms with Crippen LogP contribution in [0, 0.1) is 0 Å². The average molecular weight is 393 g/mol. The quantitative estimate of drug-likeness (QED) is 0.593. The van der Waals surface area contributed by atoms with Crippen LogP contribution in [-0.4, -0.2) is 67.9 Å². The van der Waals surface area contributed by atoms with Crippen molar-refractivity contribution in [2.24, 2.45) is 0 Å². The molecule has 2 fully saturated rings. The molecule has 2 aliphatic rings. The van der Waals surface area contributed by atoms with E-state index < -0.39 is 0 Å². The van der Waals surface area contributed by atoms with Gasteiger partial charge in [0.05, 0.1) is 5.69 Å². The largest absolute Gasteiger partial charge is 0.399 e. The Bertz CT molecular complexity index is 535. The standard InChI is InChI=1S/C19H32N4S.C3H8/c1-3-14-24-19-15-16(20)4-5-18(19)23-8-6-17(7-9-23)22-12-10-21(2)11-13-22;1-3-2/h4-5,15,17H,3,6-14,20H2,1-2H3;3H2,1-2H3. The van der Waals surface area contributed by atoms with E-state index in [0.29, 0.717) is 0 Å². The third kappa shape index (κ3) is 6.88. The van der Waals surface area contributed by atoms with Crippen LogP contribution in [0.25, 0.3) is 0 Å². The maximum atomic E-state index is 6.02. The van der Waals surface area contributed by atoms with E-state index in [1.807, 2.05) is 11.8 Å². The molecule has 2 N–H and O–H groups in total. The smallest absolute Gasteiger partial charge is 0.0505 e. The number of anilines is 2. The zero-order chi connectivity index (χ0) is 19.6. The predicted octanol–water partition coefficient (Wildman–Crippen LogP) is 4.40. The maximum absolute atomic E-state index is 6.02. The molecule has 2 heterocycles. The molecule has 1 aromatic rings. The fraction of sp³-hybridized carbons (Fsp3) is 0.727. The molecule has 4 nitrogen and oxygen atoms in total. The van der Waals surface area contributed by atoms with Crippen LogP contribution in [0.4, 0.5) is 11.4 Å². The second-order valence-corrected chi connectivity index (χ2v) is 8.98. The molecule has 0 saturated carbocycles. The zero-order valence-electron chi connectivity index (χ0n) is 17.9. The van der Waals surface area contributed by atoms with Crippen LogP contribution in [0.3, 0.4) is 0 Å². The van der Waals surface area contributed by atoms with Crippen LogP contribution in [0.1, 0.15) is 46.5 Å². The summed E-state index contributed by atoms with van der Waals surface area (Å²) in [6.45, 7) is 13.7. The Labute approximate surface area is 171 Å². The van der Waals surface area contributed by atoms with Gasteiger partial charge < -0.3 is 15.5 Å². The lowest BCUT2D eigenvalue weighted by Crippen LogP contribution is -2.52.